The number of rotatable bonds is 3. The van der Waals surface area contributed by atoms with Gasteiger partial charge < -0.3 is 5.32 Å². The largest absolute Gasteiger partial charge is 0.322 e. The van der Waals surface area contributed by atoms with Crippen LogP contribution in [0.2, 0.25) is 10.0 Å². The molecule has 1 N–H and O–H groups in total. The highest BCUT2D eigenvalue weighted by Crippen LogP contribution is 2.23. The van der Waals surface area contributed by atoms with Gasteiger partial charge in [-0.2, -0.15) is 0 Å². The van der Waals surface area contributed by atoms with Gasteiger partial charge in [0.1, 0.15) is 0 Å². The zero-order chi connectivity index (χ0) is 14.5. The number of benzene rings is 2. The molecule has 20 heavy (non-hydrogen) atoms. The summed E-state index contributed by atoms with van der Waals surface area (Å²) in [5.41, 5.74) is 9.60. The molecule has 0 spiro atoms. The molecule has 7 heteroatoms. The zero-order valence-electron chi connectivity index (χ0n) is 10.0. The number of hydrogen-bond acceptors (Lipinski definition) is 2. The molecule has 2 aromatic rings. The zero-order valence-corrected chi connectivity index (χ0v) is 11.6. The molecule has 2 aromatic carbocycles. The molecule has 0 saturated carbocycles. The Morgan fingerprint density at radius 2 is 2.00 bits per heavy atom. The Kier molecular flexibility index (Phi) is 4.48. The third-order valence-corrected chi connectivity index (χ3v) is 2.99. The lowest BCUT2D eigenvalue weighted by molar-refractivity contribution is 0.102. The monoisotopic (exact) mass is 306 g/mol. The summed E-state index contributed by atoms with van der Waals surface area (Å²) in [4.78, 5) is 14.8. The number of nitrogens with zero attached hydrogens (tertiary/aromatic N) is 3. The first kappa shape index (κ1) is 14.2. The van der Waals surface area contributed by atoms with Crippen LogP contribution in [0.15, 0.2) is 47.6 Å². The SMILES string of the molecule is [N-]=[N+]=Nc1cccc(NC(=O)c2ccc(Cl)cc2Cl)c1. The maximum Gasteiger partial charge on any atom is 0.257 e. The van der Waals surface area contributed by atoms with Crippen molar-refractivity contribution in [2.24, 2.45) is 5.11 Å². The van der Waals surface area contributed by atoms with Crippen molar-refractivity contribution in [3.05, 3.63) is 68.5 Å². The van der Waals surface area contributed by atoms with E-state index in [1.165, 1.54) is 12.1 Å². The normalized spacial score (nSPS) is 9.70. The Hall–Kier alpha value is -2.20. The fourth-order valence-electron chi connectivity index (χ4n) is 1.57. The molecule has 0 aliphatic heterocycles. The van der Waals surface area contributed by atoms with E-state index in [1.54, 1.807) is 30.3 Å². The van der Waals surface area contributed by atoms with Gasteiger partial charge in [0.05, 0.1) is 10.6 Å². The molecule has 0 unspecified atom stereocenters. The maximum atomic E-state index is 12.1. The van der Waals surface area contributed by atoms with Gasteiger partial charge in [-0.25, -0.2) is 0 Å². The van der Waals surface area contributed by atoms with Gasteiger partial charge >= 0.3 is 0 Å². The Morgan fingerprint density at radius 3 is 2.70 bits per heavy atom. The molecule has 0 aliphatic carbocycles. The van der Waals surface area contributed by atoms with E-state index in [0.29, 0.717) is 22.0 Å². The number of hydrogen-bond donors (Lipinski definition) is 1. The van der Waals surface area contributed by atoms with Crippen LogP contribution in [-0.4, -0.2) is 5.91 Å². The van der Waals surface area contributed by atoms with Crippen molar-refractivity contribution in [3.8, 4) is 0 Å². The Morgan fingerprint density at radius 1 is 1.20 bits per heavy atom. The van der Waals surface area contributed by atoms with Crippen molar-refractivity contribution in [3.63, 3.8) is 0 Å². The van der Waals surface area contributed by atoms with Gasteiger partial charge in [0.15, 0.2) is 0 Å². The molecule has 5 nitrogen and oxygen atoms in total. The van der Waals surface area contributed by atoms with E-state index in [2.05, 4.69) is 15.3 Å². The highest BCUT2D eigenvalue weighted by atomic mass is 35.5. The third kappa shape index (κ3) is 3.42. The number of anilines is 1. The van der Waals surface area contributed by atoms with Crippen molar-refractivity contribution >= 4 is 40.5 Å². The smallest absolute Gasteiger partial charge is 0.257 e. The minimum absolute atomic E-state index is 0.265. The molecule has 0 aromatic heterocycles. The van der Waals surface area contributed by atoms with Gasteiger partial charge in [-0.3, -0.25) is 4.79 Å². The van der Waals surface area contributed by atoms with Crippen LogP contribution in [0.25, 0.3) is 10.4 Å². The fraction of sp³-hybridized carbons (Fsp3) is 0. The van der Waals surface area contributed by atoms with E-state index in [1.807, 2.05) is 0 Å². The second-order valence-electron chi connectivity index (χ2n) is 3.82. The summed E-state index contributed by atoms with van der Waals surface area (Å²) in [6, 6.07) is 11.2. The average molecular weight is 307 g/mol. The highest BCUT2D eigenvalue weighted by molar-refractivity contribution is 6.37. The fourth-order valence-corrected chi connectivity index (χ4v) is 2.06. The first-order valence-electron chi connectivity index (χ1n) is 5.52. The van der Waals surface area contributed by atoms with Crippen LogP contribution < -0.4 is 5.32 Å². The van der Waals surface area contributed by atoms with Crippen molar-refractivity contribution < 1.29 is 4.79 Å². The number of nitrogens with one attached hydrogen (secondary N) is 1. The predicted molar refractivity (Wildman–Crippen MR) is 79.7 cm³/mol. The molecule has 0 saturated heterocycles. The topological polar surface area (TPSA) is 77.9 Å². The van der Waals surface area contributed by atoms with Crippen LogP contribution in [-0.2, 0) is 0 Å². The van der Waals surface area contributed by atoms with Gasteiger partial charge in [-0.05, 0) is 35.9 Å². The average Bonchev–Trinajstić information content (AvgIpc) is 2.39. The summed E-state index contributed by atoms with van der Waals surface area (Å²) in [5.74, 6) is -0.371. The number of amides is 1. The van der Waals surface area contributed by atoms with Gasteiger partial charge in [0, 0.05) is 21.3 Å². The van der Waals surface area contributed by atoms with E-state index in [-0.39, 0.29) is 10.9 Å². The van der Waals surface area contributed by atoms with Crippen molar-refractivity contribution in [2.45, 2.75) is 0 Å². The van der Waals surface area contributed by atoms with Crippen molar-refractivity contribution in [2.75, 3.05) is 5.32 Å². The van der Waals surface area contributed by atoms with Crippen LogP contribution in [0, 0.1) is 0 Å². The van der Waals surface area contributed by atoms with Gasteiger partial charge in [-0.15, -0.1) is 0 Å². The Balaban J connectivity index is 2.23. The standard InChI is InChI=1S/C13H8Cl2N4O/c14-8-4-5-11(12(15)6-8)13(20)17-9-2-1-3-10(7-9)18-19-16/h1-7H,(H,17,20). The lowest BCUT2D eigenvalue weighted by atomic mass is 10.2. The summed E-state index contributed by atoms with van der Waals surface area (Å²) < 4.78 is 0. The van der Waals surface area contributed by atoms with Crippen LogP contribution in [0.5, 0.6) is 0 Å². The van der Waals surface area contributed by atoms with E-state index in [0.717, 1.165) is 0 Å². The third-order valence-electron chi connectivity index (χ3n) is 2.44. The number of carbonyl (C=O) groups excluding carboxylic acids is 1. The molecule has 100 valence electrons. The van der Waals surface area contributed by atoms with Crippen molar-refractivity contribution in [1.82, 2.24) is 0 Å². The van der Waals surface area contributed by atoms with E-state index in [9.17, 15) is 4.79 Å². The molecule has 0 aliphatic rings. The lowest BCUT2D eigenvalue weighted by Gasteiger charge is -2.07. The summed E-state index contributed by atoms with van der Waals surface area (Å²) in [6.07, 6.45) is 0. The molecular weight excluding hydrogens is 299 g/mol. The minimum Gasteiger partial charge on any atom is -0.322 e. The van der Waals surface area contributed by atoms with E-state index in [4.69, 9.17) is 28.7 Å². The number of carbonyl (C=O) groups is 1. The first-order chi connectivity index (χ1) is 9.60. The molecule has 0 fully saturated rings. The first-order valence-corrected chi connectivity index (χ1v) is 6.27. The molecule has 0 heterocycles. The number of azide groups is 1. The molecule has 2 rings (SSSR count). The molecule has 0 atom stereocenters. The second-order valence-corrected chi connectivity index (χ2v) is 4.66. The summed E-state index contributed by atoms with van der Waals surface area (Å²) in [6.45, 7) is 0. The molecule has 1 amide bonds. The molecular formula is C13H8Cl2N4O. The summed E-state index contributed by atoms with van der Waals surface area (Å²) in [5, 5.41) is 6.85. The maximum absolute atomic E-state index is 12.1. The van der Waals surface area contributed by atoms with E-state index >= 15 is 0 Å². The second kappa shape index (κ2) is 6.30. The van der Waals surface area contributed by atoms with E-state index < -0.39 is 0 Å². The quantitative estimate of drug-likeness (QED) is 0.473. The molecule has 0 radical (unpaired) electrons. The van der Waals surface area contributed by atoms with Gasteiger partial charge in [0.2, 0.25) is 0 Å². The van der Waals surface area contributed by atoms with Crippen LogP contribution in [0.1, 0.15) is 10.4 Å². The van der Waals surface area contributed by atoms with Crippen LogP contribution in [0.4, 0.5) is 11.4 Å². The summed E-state index contributed by atoms with van der Waals surface area (Å²) >= 11 is 11.7. The van der Waals surface area contributed by atoms with Crippen LogP contribution >= 0.6 is 23.2 Å². The highest BCUT2D eigenvalue weighted by Gasteiger charge is 2.11. The number of halogens is 2. The molecule has 0 bridgehead atoms. The lowest BCUT2D eigenvalue weighted by Crippen LogP contribution is -2.12. The van der Waals surface area contributed by atoms with Crippen molar-refractivity contribution in [1.29, 1.82) is 0 Å². The van der Waals surface area contributed by atoms with Gasteiger partial charge in [-0.1, -0.05) is 40.4 Å². The Bertz CT molecular complexity index is 711. The summed E-state index contributed by atoms with van der Waals surface area (Å²) in [7, 11) is 0. The Labute approximate surface area is 124 Å². The van der Waals surface area contributed by atoms with Gasteiger partial charge in [0.25, 0.3) is 5.91 Å². The minimum atomic E-state index is -0.371. The van der Waals surface area contributed by atoms with Crippen LogP contribution in [0.3, 0.4) is 0 Å². The predicted octanol–water partition coefficient (Wildman–Crippen LogP) is 5.19.